The quantitative estimate of drug-likeness (QED) is 0.815. The van der Waals surface area contributed by atoms with Gasteiger partial charge in [-0.2, -0.15) is 0 Å². The summed E-state index contributed by atoms with van der Waals surface area (Å²) in [7, 11) is 0. The molecular weight excluding hydrogens is 332 g/mol. The van der Waals surface area contributed by atoms with Crippen LogP contribution in [0.4, 0.5) is 4.79 Å². The van der Waals surface area contributed by atoms with Crippen LogP contribution in [0.2, 0.25) is 0 Å². The molecule has 1 aromatic rings. The molecule has 6 heteroatoms. The van der Waals surface area contributed by atoms with Crippen LogP contribution >= 0.6 is 0 Å². The third-order valence-electron chi connectivity index (χ3n) is 3.97. The third-order valence-corrected chi connectivity index (χ3v) is 3.97. The largest absolute Gasteiger partial charge is 0.459 e. The highest BCUT2D eigenvalue weighted by Gasteiger charge is 2.20. The summed E-state index contributed by atoms with van der Waals surface area (Å²) >= 11 is 0. The average Bonchev–Trinajstić information content (AvgIpc) is 2.51. The Bertz CT molecular complexity index is 650. The molecule has 0 radical (unpaired) electrons. The fourth-order valence-electron chi connectivity index (χ4n) is 2.85. The van der Waals surface area contributed by atoms with E-state index in [0.717, 1.165) is 31.6 Å². The smallest absolute Gasteiger partial charge is 0.407 e. The van der Waals surface area contributed by atoms with Crippen LogP contribution in [0.1, 0.15) is 56.1 Å². The van der Waals surface area contributed by atoms with E-state index in [0.29, 0.717) is 12.1 Å². The van der Waals surface area contributed by atoms with Crippen molar-refractivity contribution in [2.24, 2.45) is 0 Å². The fraction of sp³-hybridized carbons (Fsp3) is 0.600. The predicted molar refractivity (Wildman–Crippen MR) is 100 cm³/mol. The number of amides is 1. The minimum atomic E-state index is -0.491. The standard InChI is InChI=1S/C20H30N2O4/c1-14(2)25-18(23)16-7-6-15-8-10-22(13-17(15)12-16)11-9-21-19(24)26-20(3,4)5/h6-7,12,14H,8-11,13H2,1-5H3,(H,21,24). The Morgan fingerprint density at radius 2 is 1.96 bits per heavy atom. The fourth-order valence-corrected chi connectivity index (χ4v) is 2.85. The lowest BCUT2D eigenvalue weighted by molar-refractivity contribution is 0.0376. The van der Waals surface area contributed by atoms with Crippen LogP contribution in [0, 0.1) is 0 Å². The van der Waals surface area contributed by atoms with E-state index in [1.165, 1.54) is 5.56 Å². The second-order valence-electron chi connectivity index (χ2n) is 7.89. The molecule has 26 heavy (non-hydrogen) atoms. The first-order chi connectivity index (χ1) is 12.1. The van der Waals surface area contributed by atoms with E-state index in [9.17, 15) is 9.59 Å². The average molecular weight is 362 g/mol. The van der Waals surface area contributed by atoms with E-state index < -0.39 is 11.7 Å². The highest BCUT2D eigenvalue weighted by atomic mass is 16.6. The summed E-state index contributed by atoms with van der Waals surface area (Å²) in [5.74, 6) is -0.286. The number of rotatable bonds is 5. The van der Waals surface area contributed by atoms with Gasteiger partial charge in [0.15, 0.2) is 0 Å². The summed E-state index contributed by atoms with van der Waals surface area (Å²) < 4.78 is 10.5. The van der Waals surface area contributed by atoms with Crippen molar-refractivity contribution in [2.45, 2.75) is 59.3 Å². The number of alkyl carbamates (subject to hydrolysis) is 1. The van der Waals surface area contributed by atoms with Gasteiger partial charge in [0, 0.05) is 26.2 Å². The maximum absolute atomic E-state index is 12.1. The molecule has 0 unspecified atom stereocenters. The zero-order chi connectivity index (χ0) is 19.3. The Kier molecular flexibility index (Phi) is 6.64. The van der Waals surface area contributed by atoms with E-state index in [2.05, 4.69) is 10.2 Å². The number of carbonyl (C=O) groups excluding carboxylic acids is 2. The van der Waals surface area contributed by atoms with Crippen LogP contribution in [0.15, 0.2) is 18.2 Å². The first kappa shape index (κ1) is 20.2. The van der Waals surface area contributed by atoms with Crippen molar-refractivity contribution in [3.63, 3.8) is 0 Å². The molecule has 1 aliphatic rings. The summed E-state index contributed by atoms with van der Waals surface area (Å²) in [5.41, 5.74) is 2.51. The molecule has 0 spiro atoms. The summed E-state index contributed by atoms with van der Waals surface area (Å²) in [4.78, 5) is 26.1. The van der Waals surface area contributed by atoms with E-state index in [1.807, 2.05) is 52.8 Å². The van der Waals surface area contributed by atoms with Crippen molar-refractivity contribution in [2.75, 3.05) is 19.6 Å². The first-order valence-corrected chi connectivity index (χ1v) is 9.16. The van der Waals surface area contributed by atoms with Gasteiger partial charge in [0.05, 0.1) is 11.7 Å². The Morgan fingerprint density at radius 3 is 2.62 bits per heavy atom. The van der Waals surface area contributed by atoms with Gasteiger partial charge < -0.3 is 14.8 Å². The molecule has 144 valence electrons. The number of esters is 1. The number of hydrogen-bond donors (Lipinski definition) is 1. The molecule has 0 aromatic heterocycles. The SMILES string of the molecule is CC(C)OC(=O)c1ccc2c(c1)CN(CCNC(=O)OC(C)(C)C)CC2. The molecule has 0 saturated heterocycles. The monoisotopic (exact) mass is 362 g/mol. The Labute approximate surface area is 155 Å². The van der Waals surface area contributed by atoms with Crippen LogP contribution in [-0.4, -0.2) is 48.3 Å². The van der Waals surface area contributed by atoms with Crippen LogP contribution in [0.5, 0.6) is 0 Å². The van der Waals surface area contributed by atoms with E-state index >= 15 is 0 Å². The number of ether oxygens (including phenoxy) is 2. The highest BCUT2D eigenvalue weighted by Crippen LogP contribution is 2.21. The Hall–Kier alpha value is -2.08. The normalized spacial score (nSPS) is 14.7. The molecule has 0 fully saturated rings. The zero-order valence-corrected chi connectivity index (χ0v) is 16.4. The number of hydrogen-bond acceptors (Lipinski definition) is 5. The van der Waals surface area contributed by atoms with Crippen molar-refractivity contribution in [3.8, 4) is 0 Å². The number of nitrogens with zero attached hydrogens (tertiary/aromatic N) is 1. The Balaban J connectivity index is 1.88. The molecule has 2 rings (SSSR count). The van der Waals surface area contributed by atoms with Gasteiger partial charge in [-0.05, 0) is 64.3 Å². The molecule has 0 aliphatic carbocycles. The predicted octanol–water partition coefficient (Wildman–Crippen LogP) is 3.13. The van der Waals surface area contributed by atoms with Gasteiger partial charge in [-0.3, -0.25) is 4.90 Å². The van der Waals surface area contributed by atoms with Crippen molar-refractivity contribution < 1.29 is 19.1 Å². The third kappa shape index (κ3) is 6.33. The lowest BCUT2D eigenvalue weighted by atomic mass is 9.97. The van der Waals surface area contributed by atoms with Gasteiger partial charge in [0.2, 0.25) is 0 Å². The van der Waals surface area contributed by atoms with Gasteiger partial charge in [-0.1, -0.05) is 6.07 Å². The number of carbonyl (C=O) groups is 2. The highest BCUT2D eigenvalue weighted by molar-refractivity contribution is 5.89. The summed E-state index contributed by atoms with van der Waals surface area (Å²) in [6.07, 6.45) is 0.406. The maximum atomic E-state index is 12.1. The maximum Gasteiger partial charge on any atom is 0.407 e. The lowest BCUT2D eigenvalue weighted by Crippen LogP contribution is -2.39. The van der Waals surface area contributed by atoms with Gasteiger partial charge in [0.25, 0.3) is 0 Å². The van der Waals surface area contributed by atoms with Crippen LogP contribution in [-0.2, 0) is 22.4 Å². The van der Waals surface area contributed by atoms with Gasteiger partial charge in [-0.25, -0.2) is 9.59 Å². The minimum Gasteiger partial charge on any atom is -0.459 e. The van der Waals surface area contributed by atoms with Crippen molar-refractivity contribution in [1.82, 2.24) is 10.2 Å². The second kappa shape index (κ2) is 8.54. The number of nitrogens with one attached hydrogen (secondary N) is 1. The summed E-state index contributed by atoms with van der Waals surface area (Å²) in [6, 6.07) is 5.78. The second-order valence-corrected chi connectivity index (χ2v) is 7.89. The van der Waals surface area contributed by atoms with Crippen LogP contribution in [0.3, 0.4) is 0 Å². The molecule has 1 N–H and O–H groups in total. The summed E-state index contributed by atoms with van der Waals surface area (Å²) in [5, 5.41) is 2.78. The lowest BCUT2D eigenvalue weighted by Gasteiger charge is -2.29. The van der Waals surface area contributed by atoms with E-state index in [1.54, 1.807) is 0 Å². The van der Waals surface area contributed by atoms with E-state index in [4.69, 9.17) is 9.47 Å². The molecule has 6 nitrogen and oxygen atoms in total. The van der Waals surface area contributed by atoms with Crippen molar-refractivity contribution in [3.05, 3.63) is 34.9 Å². The van der Waals surface area contributed by atoms with E-state index in [-0.39, 0.29) is 12.1 Å². The number of benzene rings is 1. The Morgan fingerprint density at radius 1 is 1.23 bits per heavy atom. The van der Waals surface area contributed by atoms with Crippen LogP contribution < -0.4 is 5.32 Å². The molecule has 1 aromatic carbocycles. The first-order valence-electron chi connectivity index (χ1n) is 9.16. The van der Waals surface area contributed by atoms with Gasteiger partial charge >= 0.3 is 12.1 Å². The van der Waals surface area contributed by atoms with Crippen molar-refractivity contribution in [1.29, 1.82) is 0 Å². The zero-order valence-electron chi connectivity index (χ0n) is 16.4. The molecule has 1 amide bonds. The molecule has 1 heterocycles. The van der Waals surface area contributed by atoms with Gasteiger partial charge in [0.1, 0.15) is 5.60 Å². The van der Waals surface area contributed by atoms with Crippen LogP contribution in [0.25, 0.3) is 0 Å². The summed E-state index contributed by atoms with van der Waals surface area (Å²) in [6.45, 7) is 12.2. The molecule has 0 atom stereocenters. The topological polar surface area (TPSA) is 67.9 Å². The van der Waals surface area contributed by atoms with Gasteiger partial charge in [-0.15, -0.1) is 0 Å². The molecular formula is C20H30N2O4. The minimum absolute atomic E-state index is 0.131. The molecule has 0 bridgehead atoms. The molecule has 0 saturated carbocycles. The number of fused-ring (bicyclic) bond motifs is 1. The molecule has 1 aliphatic heterocycles. The van der Waals surface area contributed by atoms with Crippen molar-refractivity contribution >= 4 is 12.1 Å².